The lowest BCUT2D eigenvalue weighted by molar-refractivity contribution is -0.141. The van der Waals surface area contributed by atoms with Crippen LogP contribution in [-0.4, -0.2) is 9.78 Å². The first-order valence-electron chi connectivity index (χ1n) is 5.78. The third-order valence-electron chi connectivity index (χ3n) is 2.90. The first-order valence-corrected chi connectivity index (χ1v) is 5.78. The van der Waals surface area contributed by atoms with E-state index in [0.29, 0.717) is 0 Å². The first kappa shape index (κ1) is 12.7. The van der Waals surface area contributed by atoms with Crippen LogP contribution in [0.25, 0.3) is 16.6 Å². The second kappa shape index (κ2) is 4.33. The van der Waals surface area contributed by atoms with Crippen LogP contribution in [0.2, 0.25) is 0 Å². The largest absolute Gasteiger partial charge is 0.434 e. The molecular weight excluding hydrogens is 272 g/mol. The maximum atomic E-state index is 13.2. The number of nitrogens with zero attached hydrogens (tertiary/aromatic N) is 2. The predicted octanol–water partition coefficient (Wildman–Crippen LogP) is 4.18. The molecule has 2 aromatic carbocycles. The molecule has 0 unspecified atom stereocenters. The maximum absolute atomic E-state index is 13.2. The molecule has 3 aromatic rings. The van der Waals surface area contributed by atoms with E-state index in [1.165, 1.54) is 36.4 Å². The third-order valence-corrected chi connectivity index (χ3v) is 2.90. The van der Waals surface area contributed by atoms with Crippen LogP contribution < -0.4 is 0 Å². The van der Waals surface area contributed by atoms with Crippen LogP contribution in [0.15, 0.2) is 48.5 Å². The van der Waals surface area contributed by atoms with Gasteiger partial charge in [-0.05, 0) is 24.3 Å². The van der Waals surface area contributed by atoms with Crippen LogP contribution in [0, 0.1) is 5.82 Å². The van der Waals surface area contributed by atoms with Crippen molar-refractivity contribution in [1.82, 2.24) is 9.78 Å². The van der Waals surface area contributed by atoms with Crippen molar-refractivity contribution in [3.63, 3.8) is 0 Å². The molecule has 0 aliphatic heterocycles. The van der Waals surface area contributed by atoms with Gasteiger partial charge in [0.05, 0.1) is 11.2 Å². The highest BCUT2D eigenvalue weighted by molar-refractivity contribution is 5.82. The zero-order chi connectivity index (χ0) is 14.3. The molecule has 1 aromatic heterocycles. The van der Waals surface area contributed by atoms with Crippen molar-refractivity contribution in [1.29, 1.82) is 0 Å². The fraction of sp³-hybridized carbons (Fsp3) is 0.0714. The molecule has 0 atom stereocenters. The number of hydrogen-bond acceptors (Lipinski definition) is 1. The zero-order valence-corrected chi connectivity index (χ0v) is 10.0. The van der Waals surface area contributed by atoms with Crippen molar-refractivity contribution >= 4 is 10.9 Å². The summed E-state index contributed by atoms with van der Waals surface area (Å²) in [6.45, 7) is 0. The van der Waals surface area contributed by atoms with Crippen molar-refractivity contribution in [2.75, 3.05) is 0 Å². The van der Waals surface area contributed by atoms with Gasteiger partial charge >= 0.3 is 6.18 Å². The van der Waals surface area contributed by atoms with Gasteiger partial charge in [-0.15, -0.1) is 0 Å². The van der Waals surface area contributed by atoms with Gasteiger partial charge in [0.2, 0.25) is 0 Å². The Morgan fingerprint density at radius 2 is 1.70 bits per heavy atom. The molecule has 6 heteroatoms. The van der Waals surface area contributed by atoms with Crippen LogP contribution in [0.3, 0.4) is 0 Å². The molecular formula is C14H8F4N2. The van der Waals surface area contributed by atoms with Gasteiger partial charge in [0.1, 0.15) is 5.82 Å². The Morgan fingerprint density at radius 3 is 2.40 bits per heavy atom. The molecule has 0 radical (unpaired) electrons. The van der Waals surface area contributed by atoms with Gasteiger partial charge in [-0.1, -0.05) is 24.3 Å². The minimum absolute atomic E-state index is 0.00994. The minimum Gasteiger partial charge on any atom is -0.227 e. The quantitative estimate of drug-likeness (QED) is 0.611. The molecule has 0 aliphatic carbocycles. The van der Waals surface area contributed by atoms with Crippen LogP contribution >= 0.6 is 0 Å². The summed E-state index contributed by atoms with van der Waals surface area (Å²) in [6.07, 6.45) is -4.58. The van der Waals surface area contributed by atoms with Crippen LogP contribution in [0.4, 0.5) is 17.6 Å². The van der Waals surface area contributed by atoms with E-state index in [2.05, 4.69) is 5.10 Å². The summed E-state index contributed by atoms with van der Waals surface area (Å²) < 4.78 is 53.7. The summed E-state index contributed by atoms with van der Waals surface area (Å²) in [4.78, 5) is 0. The fourth-order valence-electron chi connectivity index (χ4n) is 2.10. The van der Waals surface area contributed by atoms with Gasteiger partial charge in [0.25, 0.3) is 0 Å². The molecule has 0 fully saturated rings. The van der Waals surface area contributed by atoms with Crippen LogP contribution in [0.5, 0.6) is 0 Å². The van der Waals surface area contributed by atoms with E-state index in [1.807, 2.05) is 0 Å². The summed E-state index contributed by atoms with van der Waals surface area (Å²) in [6, 6.07) is 10.9. The van der Waals surface area contributed by atoms with Crippen molar-refractivity contribution in [3.8, 4) is 5.69 Å². The highest BCUT2D eigenvalue weighted by Crippen LogP contribution is 2.36. The van der Waals surface area contributed by atoms with Crippen molar-refractivity contribution in [2.24, 2.45) is 0 Å². The van der Waals surface area contributed by atoms with Gasteiger partial charge < -0.3 is 0 Å². The number of fused-ring (bicyclic) bond motifs is 1. The highest BCUT2D eigenvalue weighted by atomic mass is 19.4. The fourth-order valence-corrected chi connectivity index (χ4v) is 2.10. The van der Waals surface area contributed by atoms with Gasteiger partial charge in [-0.3, -0.25) is 0 Å². The zero-order valence-electron chi connectivity index (χ0n) is 10.0. The van der Waals surface area contributed by atoms with Gasteiger partial charge in [0, 0.05) is 5.39 Å². The Labute approximate surface area is 111 Å². The Bertz CT molecular complexity index is 774. The number of hydrogen-bond donors (Lipinski definition) is 0. The standard InChI is InChI=1S/C14H8F4N2/c15-9-4-3-5-10(8-9)20-13(14(16,17)18)11-6-1-2-7-12(11)19-20/h1-8H. The minimum atomic E-state index is -4.58. The summed E-state index contributed by atoms with van der Waals surface area (Å²) in [5.74, 6) is -0.616. The van der Waals surface area contributed by atoms with Crippen LogP contribution in [-0.2, 0) is 6.18 Å². The topological polar surface area (TPSA) is 17.8 Å². The van der Waals surface area contributed by atoms with E-state index in [0.717, 1.165) is 10.7 Å². The average molecular weight is 280 g/mol. The lowest BCUT2D eigenvalue weighted by Gasteiger charge is -2.10. The highest BCUT2D eigenvalue weighted by Gasteiger charge is 2.38. The number of benzene rings is 2. The molecule has 102 valence electrons. The van der Waals surface area contributed by atoms with Gasteiger partial charge in [0.15, 0.2) is 5.69 Å². The van der Waals surface area contributed by atoms with E-state index in [1.54, 1.807) is 6.07 Å². The molecule has 1 heterocycles. The molecule has 0 amide bonds. The normalized spacial score (nSPS) is 12.0. The Morgan fingerprint density at radius 1 is 0.950 bits per heavy atom. The third kappa shape index (κ3) is 2.03. The number of aromatic nitrogens is 2. The van der Waals surface area contributed by atoms with E-state index in [4.69, 9.17) is 0 Å². The SMILES string of the molecule is Fc1cccc(-n2nc3ccccc3c2C(F)(F)F)c1. The lowest BCUT2D eigenvalue weighted by atomic mass is 10.2. The second-order valence-electron chi connectivity index (χ2n) is 4.26. The Hall–Kier alpha value is -2.37. The molecule has 0 saturated heterocycles. The summed E-state index contributed by atoms with van der Waals surface area (Å²) in [5, 5.41) is 3.91. The van der Waals surface area contributed by atoms with Gasteiger partial charge in [-0.2, -0.15) is 18.3 Å². The van der Waals surface area contributed by atoms with Crippen molar-refractivity contribution in [2.45, 2.75) is 6.18 Å². The molecule has 0 aliphatic rings. The van der Waals surface area contributed by atoms with E-state index in [9.17, 15) is 17.6 Å². The molecule has 0 bridgehead atoms. The molecule has 0 N–H and O–H groups in total. The molecule has 0 saturated carbocycles. The monoisotopic (exact) mass is 280 g/mol. The van der Waals surface area contributed by atoms with Gasteiger partial charge in [-0.25, -0.2) is 9.07 Å². The maximum Gasteiger partial charge on any atom is 0.434 e. The average Bonchev–Trinajstić information content (AvgIpc) is 2.77. The summed E-state index contributed by atoms with van der Waals surface area (Å²) >= 11 is 0. The number of alkyl halides is 3. The van der Waals surface area contributed by atoms with Crippen molar-refractivity contribution in [3.05, 3.63) is 60.0 Å². The number of halogens is 4. The smallest absolute Gasteiger partial charge is 0.227 e. The van der Waals surface area contributed by atoms with E-state index >= 15 is 0 Å². The Balaban J connectivity index is 2.35. The van der Waals surface area contributed by atoms with E-state index in [-0.39, 0.29) is 16.6 Å². The van der Waals surface area contributed by atoms with Crippen molar-refractivity contribution < 1.29 is 17.6 Å². The second-order valence-corrected chi connectivity index (χ2v) is 4.26. The van der Waals surface area contributed by atoms with Crippen LogP contribution in [0.1, 0.15) is 5.69 Å². The molecule has 2 nitrogen and oxygen atoms in total. The predicted molar refractivity (Wildman–Crippen MR) is 66.0 cm³/mol. The lowest BCUT2D eigenvalue weighted by Crippen LogP contribution is -2.13. The van der Waals surface area contributed by atoms with E-state index < -0.39 is 17.7 Å². The first-order chi connectivity index (χ1) is 9.47. The molecule has 20 heavy (non-hydrogen) atoms. The molecule has 3 rings (SSSR count). The summed E-state index contributed by atoms with van der Waals surface area (Å²) in [5.41, 5.74) is -0.656. The Kier molecular flexibility index (Phi) is 2.74. The molecule has 0 spiro atoms. The summed E-state index contributed by atoms with van der Waals surface area (Å²) in [7, 11) is 0. The number of rotatable bonds is 1.